The molecule has 2 aliphatic heterocycles. The van der Waals surface area contributed by atoms with Crippen molar-refractivity contribution in [3.8, 4) is 6.07 Å². The summed E-state index contributed by atoms with van der Waals surface area (Å²) < 4.78 is 0. The molecule has 2 fully saturated rings. The van der Waals surface area contributed by atoms with E-state index in [2.05, 4.69) is 11.0 Å². The molecular formula is C17H21N3OS. The molecule has 0 amide bonds. The van der Waals surface area contributed by atoms with Crippen molar-refractivity contribution in [3.05, 3.63) is 35.4 Å². The summed E-state index contributed by atoms with van der Waals surface area (Å²) in [6.07, 6.45) is 2.84. The fraction of sp³-hybridized carbons (Fsp3) is 0.529. The van der Waals surface area contributed by atoms with Crippen LogP contribution in [0, 0.1) is 17.2 Å². The Kier molecular flexibility index (Phi) is 4.82. The lowest BCUT2D eigenvalue weighted by Crippen LogP contribution is -2.48. The Morgan fingerprint density at radius 3 is 3.00 bits per heavy atom. The highest BCUT2D eigenvalue weighted by Crippen LogP contribution is 2.36. The highest BCUT2D eigenvalue weighted by molar-refractivity contribution is 8.01. The zero-order valence-corrected chi connectivity index (χ0v) is 13.4. The quantitative estimate of drug-likeness (QED) is 0.921. The smallest absolute Gasteiger partial charge is 0.148 e. The van der Waals surface area contributed by atoms with Gasteiger partial charge in [-0.1, -0.05) is 18.2 Å². The molecule has 5 heteroatoms. The Labute approximate surface area is 135 Å². The van der Waals surface area contributed by atoms with Crippen LogP contribution in [0.2, 0.25) is 0 Å². The first-order valence-corrected chi connectivity index (χ1v) is 8.86. The molecular weight excluding hydrogens is 294 g/mol. The number of nitrogens with zero attached hydrogens (tertiary/aromatic N) is 2. The first kappa shape index (κ1) is 15.5. The van der Waals surface area contributed by atoms with E-state index in [-0.39, 0.29) is 17.3 Å². The van der Waals surface area contributed by atoms with Gasteiger partial charge in [0.25, 0.3) is 0 Å². The summed E-state index contributed by atoms with van der Waals surface area (Å²) in [5.74, 6) is 0.863. The van der Waals surface area contributed by atoms with Crippen molar-refractivity contribution in [3.63, 3.8) is 0 Å². The molecule has 116 valence electrons. The average molecular weight is 315 g/mol. The summed E-state index contributed by atoms with van der Waals surface area (Å²) in [5.41, 5.74) is 7.76. The first-order chi connectivity index (χ1) is 10.7. The van der Waals surface area contributed by atoms with Gasteiger partial charge >= 0.3 is 0 Å². The second-order valence-electron chi connectivity index (χ2n) is 6.14. The van der Waals surface area contributed by atoms with Crippen LogP contribution in [0.25, 0.3) is 0 Å². The van der Waals surface area contributed by atoms with Crippen LogP contribution in [-0.4, -0.2) is 40.9 Å². The van der Waals surface area contributed by atoms with Gasteiger partial charge in [-0.2, -0.15) is 5.26 Å². The first-order valence-electron chi connectivity index (χ1n) is 7.81. The van der Waals surface area contributed by atoms with Crippen molar-refractivity contribution in [2.24, 2.45) is 11.7 Å². The highest BCUT2D eigenvalue weighted by Gasteiger charge is 2.40. The van der Waals surface area contributed by atoms with Gasteiger partial charge in [0.05, 0.1) is 22.8 Å². The number of likely N-dealkylation sites (tertiary alicyclic amines) is 1. The van der Waals surface area contributed by atoms with Crippen molar-refractivity contribution < 1.29 is 4.79 Å². The Balaban J connectivity index is 1.78. The molecule has 0 bridgehead atoms. The van der Waals surface area contributed by atoms with E-state index in [0.717, 1.165) is 31.5 Å². The number of rotatable bonds is 3. The molecule has 22 heavy (non-hydrogen) atoms. The van der Waals surface area contributed by atoms with Crippen LogP contribution >= 0.6 is 11.8 Å². The molecule has 0 radical (unpaired) electrons. The lowest BCUT2D eigenvalue weighted by Gasteiger charge is -2.37. The molecule has 3 rings (SSSR count). The van der Waals surface area contributed by atoms with Gasteiger partial charge in [0, 0.05) is 18.5 Å². The Hall–Kier alpha value is -1.35. The minimum atomic E-state index is -0.0233. The number of Topliss-reactive ketones (excluding diaryl/α,β-unsaturated/α-hetero) is 1. The van der Waals surface area contributed by atoms with E-state index >= 15 is 0 Å². The Morgan fingerprint density at radius 2 is 2.23 bits per heavy atom. The van der Waals surface area contributed by atoms with E-state index in [1.807, 2.05) is 24.3 Å². The van der Waals surface area contributed by atoms with Crippen molar-refractivity contribution >= 4 is 17.5 Å². The number of benzene rings is 1. The molecule has 2 saturated heterocycles. The molecule has 3 atom stereocenters. The third-order valence-corrected chi connectivity index (χ3v) is 6.00. The summed E-state index contributed by atoms with van der Waals surface area (Å²) in [6.45, 7) is 1.90. The van der Waals surface area contributed by atoms with Gasteiger partial charge in [0.15, 0.2) is 0 Å². The molecule has 0 aromatic heterocycles. The standard InChI is InChI=1S/C17H21N3OS/c18-9-13-5-2-1-4-12(13)8-15-16(21)11-22-17(15)20-7-3-6-14(19)10-20/h1-2,4-5,14-15,17H,3,6-8,10-11,19H2/t14?,15-,17?/m1/s1. The van der Waals surface area contributed by atoms with Gasteiger partial charge in [0.2, 0.25) is 0 Å². The minimum absolute atomic E-state index is 0.0233. The van der Waals surface area contributed by atoms with Gasteiger partial charge in [-0.05, 0) is 37.4 Å². The maximum absolute atomic E-state index is 12.4. The number of piperidine rings is 1. The van der Waals surface area contributed by atoms with Gasteiger partial charge in [-0.3, -0.25) is 9.69 Å². The fourth-order valence-corrected chi connectivity index (χ4v) is 4.87. The van der Waals surface area contributed by atoms with Crippen molar-refractivity contribution in [1.82, 2.24) is 4.90 Å². The monoisotopic (exact) mass is 315 g/mol. The predicted octanol–water partition coefficient (Wildman–Crippen LogP) is 1.78. The van der Waals surface area contributed by atoms with E-state index in [4.69, 9.17) is 5.73 Å². The van der Waals surface area contributed by atoms with Gasteiger partial charge in [-0.15, -0.1) is 11.8 Å². The van der Waals surface area contributed by atoms with E-state index in [0.29, 0.717) is 23.5 Å². The summed E-state index contributed by atoms with van der Waals surface area (Å²) in [4.78, 5) is 14.7. The summed E-state index contributed by atoms with van der Waals surface area (Å²) in [5, 5.41) is 9.45. The van der Waals surface area contributed by atoms with Crippen LogP contribution in [0.3, 0.4) is 0 Å². The van der Waals surface area contributed by atoms with Gasteiger partial charge in [-0.25, -0.2) is 0 Å². The van der Waals surface area contributed by atoms with Crippen LogP contribution in [0.5, 0.6) is 0 Å². The Bertz CT molecular complexity index is 598. The lowest BCUT2D eigenvalue weighted by atomic mass is 9.92. The van der Waals surface area contributed by atoms with Crippen molar-refractivity contribution in [2.75, 3.05) is 18.8 Å². The summed E-state index contributed by atoms with van der Waals surface area (Å²) >= 11 is 1.74. The van der Waals surface area contributed by atoms with Gasteiger partial charge in [0.1, 0.15) is 5.78 Å². The van der Waals surface area contributed by atoms with Crippen LogP contribution in [-0.2, 0) is 11.2 Å². The normalized spacial score (nSPS) is 29.5. The Morgan fingerprint density at radius 1 is 1.41 bits per heavy atom. The largest absolute Gasteiger partial charge is 0.327 e. The molecule has 0 aliphatic carbocycles. The topological polar surface area (TPSA) is 70.1 Å². The van der Waals surface area contributed by atoms with Crippen molar-refractivity contribution in [1.29, 1.82) is 5.26 Å². The number of thioether (sulfide) groups is 1. The van der Waals surface area contributed by atoms with Crippen molar-refractivity contribution in [2.45, 2.75) is 30.7 Å². The predicted molar refractivity (Wildman–Crippen MR) is 88.4 cm³/mol. The molecule has 2 N–H and O–H groups in total. The number of nitriles is 1. The SMILES string of the molecule is N#Cc1ccccc1C[C@@H]1C(=O)CSC1N1CCCC(N)C1. The molecule has 2 aliphatic rings. The molecule has 2 heterocycles. The number of nitrogens with two attached hydrogens (primary N) is 1. The van der Waals surface area contributed by atoms with E-state index < -0.39 is 0 Å². The fourth-order valence-electron chi connectivity index (χ4n) is 3.44. The van der Waals surface area contributed by atoms with Gasteiger partial charge < -0.3 is 5.73 Å². The minimum Gasteiger partial charge on any atom is -0.327 e. The molecule has 4 nitrogen and oxygen atoms in total. The third-order valence-electron chi connectivity index (χ3n) is 4.58. The number of hydrogen-bond acceptors (Lipinski definition) is 5. The molecule has 0 saturated carbocycles. The summed E-state index contributed by atoms with van der Waals surface area (Å²) in [6, 6.07) is 10.1. The second kappa shape index (κ2) is 6.82. The number of carbonyl (C=O) groups excluding carboxylic acids is 1. The molecule has 1 aromatic carbocycles. The number of hydrogen-bond donors (Lipinski definition) is 1. The molecule has 2 unspecified atom stereocenters. The van der Waals surface area contributed by atoms with Crippen LogP contribution in [0.4, 0.5) is 0 Å². The lowest BCUT2D eigenvalue weighted by molar-refractivity contribution is -0.120. The second-order valence-corrected chi connectivity index (χ2v) is 7.25. The third kappa shape index (κ3) is 3.19. The van der Waals surface area contributed by atoms with E-state index in [1.54, 1.807) is 11.8 Å². The zero-order valence-electron chi connectivity index (χ0n) is 12.6. The average Bonchev–Trinajstić information content (AvgIpc) is 2.89. The number of carbonyl (C=O) groups is 1. The highest BCUT2D eigenvalue weighted by atomic mass is 32.2. The molecule has 0 spiro atoms. The zero-order chi connectivity index (χ0) is 15.5. The van der Waals surface area contributed by atoms with Crippen LogP contribution < -0.4 is 5.73 Å². The maximum atomic E-state index is 12.4. The van der Waals surface area contributed by atoms with Crippen LogP contribution in [0.15, 0.2) is 24.3 Å². The maximum Gasteiger partial charge on any atom is 0.148 e. The number of ketones is 1. The van der Waals surface area contributed by atoms with E-state index in [9.17, 15) is 10.1 Å². The molecule has 1 aromatic rings. The van der Waals surface area contributed by atoms with Crippen LogP contribution in [0.1, 0.15) is 24.0 Å². The van der Waals surface area contributed by atoms with E-state index in [1.165, 1.54) is 0 Å². The summed E-state index contributed by atoms with van der Waals surface area (Å²) in [7, 11) is 0.